The first kappa shape index (κ1) is 13.0. The molecule has 0 spiro atoms. The number of ether oxygens (including phenoxy) is 1. The van der Waals surface area contributed by atoms with Gasteiger partial charge in [0.1, 0.15) is 0 Å². The van der Waals surface area contributed by atoms with Crippen molar-refractivity contribution in [3.8, 4) is 0 Å². The Morgan fingerprint density at radius 1 is 1.26 bits per heavy atom. The molecule has 106 valence electrons. The highest BCUT2D eigenvalue weighted by atomic mass is 16.5. The van der Waals surface area contributed by atoms with Crippen LogP contribution in [-0.2, 0) is 18.3 Å². The van der Waals surface area contributed by atoms with E-state index in [1.54, 1.807) is 4.68 Å². The molecule has 1 saturated heterocycles. The van der Waals surface area contributed by atoms with Crippen LogP contribution in [0.1, 0.15) is 37.9 Å². The third-order valence-corrected chi connectivity index (χ3v) is 4.43. The fourth-order valence-corrected chi connectivity index (χ4v) is 3.25. The quantitative estimate of drug-likeness (QED) is 0.816. The van der Waals surface area contributed by atoms with Crippen molar-refractivity contribution in [2.75, 3.05) is 19.7 Å². The van der Waals surface area contributed by atoms with Crippen molar-refractivity contribution in [2.24, 2.45) is 13.0 Å². The normalized spacial score (nSPS) is 26.7. The van der Waals surface area contributed by atoms with Gasteiger partial charge in [-0.25, -0.2) is 4.68 Å². The SMILES string of the molecule is Cn1nnnc1CN1CCOC(C2CCCCC2)C1. The first-order valence-corrected chi connectivity index (χ1v) is 7.38. The van der Waals surface area contributed by atoms with Crippen LogP contribution in [0.2, 0.25) is 0 Å². The Kier molecular flexibility index (Phi) is 4.08. The molecule has 2 heterocycles. The summed E-state index contributed by atoms with van der Waals surface area (Å²) in [6, 6.07) is 0. The maximum absolute atomic E-state index is 6.00. The Morgan fingerprint density at radius 2 is 2.11 bits per heavy atom. The van der Waals surface area contributed by atoms with Crippen LogP contribution >= 0.6 is 0 Å². The molecule has 2 aliphatic rings. The molecule has 6 nitrogen and oxygen atoms in total. The number of rotatable bonds is 3. The summed E-state index contributed by atoms with van der Waals surface area (Å²) in [6.45, 7) is 3.68. The molecule has 1 unspecified atom stereocenters. The van der Waals surface area contributed by atoms with E-state index in [1.807, 2.05) is 7.05 Å². The lowest BCUT2D eigenvalue weighted by atomic mass is 9.84. The van der Waals surface area contributed by atoms with Crippen LogP contribution in [0, 0.1) is 5.92 Å². The number of nitrogens with zero attached hydrogens (tertiary/aromatic N) is 5. The highest BCUT2D eigenvalue weighted by Crippen LogP contribution is 2.29. The first-order valence-electron chi connectivity index (χ1n) is 7.38. The van der Waals surface area contributed by atoms with E-state index in [4.69, 9.17) is 4.74 Å². The van der Waals surface area contributed by atoms with Crippen LogP contribution < -0.4 is 0 Å². The van der Waals surface area contributed by atoms with Gasteiger partial charge in [0.05, 0.1) is 19.3 Å². The lowest BCUT2D eigenvalue weighted by molar-refractivity contribution is -0.0677. The molecule has 0 bridgehead atoms. The molecule has 0 N–H and O–H groups in total. The summed E-state index contributed by atoms with van der Waals surface area (Å²) >= 11 is 0. The van der Waals surface area contributed by atoms with Gasteiger partial charge < -0.3 is 4.74 Å². The summed E-state index contributed by atoms with van der Waals surface area (Å²) in [5, 5.41) is 11.7. The molecule has 1 aliphatic heterocycles. The Bertz CT molecular complexity index is 401. The average Bonchev–Trinajstić information content (AvgIpc) is 2.86. The smallest absolute Gasteiger partial charge is 0.164 e. The molecule has 0 radical (unpaired) electrons. The molecule has 3 rings (SSSR count). The van der Waals surface area contributed by atoms with Gasteiger partial charge in [0.2, 0.25) is 0 Å². The predicted molar refractivity (Wildman–Crippen MR) is 70.4 cm³/mol. The molecule has 19 heavy (non-hydrogen) atoms. The topological polar surface area (TPSA) is 56.1 Å². The number of tetrazole rings is 1. The number of morpholine rings is 1. The third-order valence-electron chi connectivity index (χ3n) is 4.43. The molecular formula is C13H23N5O. The molecule has 0 aromatic carbocycles. The van der Waals surface area contributed by atoms with Gasteiger partial charge in [-0.2, -0.15) is 0 Å². The second-order valence-electron chi connectivity index (χ2n) is 5.76. The number of hydrogen-bond acceptors (Lipinski definition) is 5. The molecular weight excluding hydrogens is 242 g/mol. The van der Waals surface area contributed by atoms with E-state index in [1.165, 1.54) is 32.1 Å². The van der Waals surface area contributed by atoms with Crippen LogP contribution in [0.15, 0.2) is 0 Å². The highest BCUT2D eigenvalue weighted by molar-refractivity contribution is 4.85. The van der Waals surface area contributed by atoms with Gasteiger partial charge in [-0.05, 0) is 29.2 Å². The largest absolute Gasteiger partial charge is 0.375 e. The van der Waals surface area contributed by atoms with E-state index in [9.17, 15) is 0 Å². The Balaban J connectivity index is 1.57. The van der Waals surface area contributed by atoms with E-state index >= 15 is 0 Å². The van der Waals surface area contributed by atoms with E-state index in [0.717, 1.165) is 38.0 Å². The van der Waals surface area contributed by atoms with E-state index in [0.29, 0.717) is 6.10 Å². The lowest BCUT2D eigenvalue weighted by Crippen LogP contribution is -2.46. The van der Waals surface area contributed by atoms with Crippen molar-refractivity contribution < 1.29 is 4.74 Å². The van der Waals surface area contributed by atoms with Crippen molar-refractivity contribution in [3.63, 3.8) is 0 Å². The van der Waals surface area contributed by atoms with Crippen molar-refractivity contribution in [2.45, 2.75) is 44.8 Å². The van der Waals surface area contributed by atoms with Crippen molar-refractivity contribution >= 4 is 0 Å². The predicted octanol–water partition coefficient (Wildman–Crippen LogP) is 0.991. The summed E-state index contributed by atoms with van der Waals surface area (Å²) in [5.74, 6) is 1.69. The maximum atomic E-state index is 6.00. The fourth-order valence-electron chi connectivity index (χ4n) is 3.25. The third kappa shape index (κ3) is 3.12. The van der Waals surface area contributed by atoms with Crippen molar-refractivity contribution in [3.05, 3.63) is 5.82 Å². The zero-order valence-corrected chi connectivity index (χ0v) is 11.7. The van der Waals surface area contributed by atoms with Crippen LogP contribution in [0.5, 0.6) is 0 Å². The zero-order valence-electron chi connectivity index (χ0n) is 11.7. The molecule has 1 aliphatic carbocycles. The fraction of sp³-hybridized carbons (Fsp3) is 0.923. The Morgan fingerprint density at radius 3 is 2.84 bits per heavy atom. The molecule has 6 heteroatoms. The monoisotopic (exact) mass is 265 g/mol. The number of hydrogen-bond donors (Lipinski definition) is 0. The second kappa shape index (κ2) is 5.96. The molecule has 1 saturated carbocycles. The van der Waals surface area contributed by atoms with Gasteiger partial charge in [-0.1, -0.05) is 19.3 Å². The number of aromatic nitrogens is 4. The van der Waals surface area contributed by atoms with Gasteiger partial charge in [0, 0.05) is 20.1 Å². The average molecular weight is 265 g/mol. The van der Waals surface area contributed by atoms with Gasteiger partial charge in [-0.3, -0.25) is 4.90 Å². The van der Waals surface area contributed by atoms with Crippen LogP contribution in [0.4, 0.5) is 0 Å². The summed E-state index contributed by atoms with van der Waals surface area (Å²) in [6.07, 6.45) is 7.23. The van der Waals surface area contributed by atoms with Crippen molar-refractivity contribution in [1.29, 1.82) is 0 Å². The Hall–Kier alpha value is -1.01. The molecule has 1 aromatic heterocycles. The van der Waals surface area contributed by atoms with Crippen LogP contribution in [0.25, 0.3) is 0 Å². The maximum Gasteiger partial charge on any atom is 0.164 e. The molecule has 1 atom stereocenters. The minimum absolute atomic E-state index is 0.412. The second-order valence-corrected chi connectivity index (χ2v) is 5.76. The van der Waals surface area contributed by atoms with Crippen LogP contribution in [0.3, 0.4) is 0 Å². The molecule has 1 aromatic rings. The summed E-state index contributed by atoms with van der Waals surface area (Å²) in [5.41, 5.74) is 0. The first-order chi connectivity index (χ1) is 9.33. The van der Waals surface area contributed by atoms with Gasteiger partial charge in [-0.15, -0.1) is 5.10 Å². The van der Waals surface area contributed by atoms with Gasteiger partial charge in [0.25, 0.3) is 0 Å². The van der Waals surface area contributed by atoms with E-state index < -0.39 is 0 Å². The van der Waals surface area contributed by atoms with E-state index in [2.05, 4.69) is 20.4 Å². The molecule has 2 fully saturated rings. The standard InChI is InChI=1S/C13H23N5O/c1-17-13(14-15-16-17)10-18-7-8-19-12(9-18)11-5-3-2-4-6-11/h11-12H,2-10H2,1H3. The number of aryl methyl sites for hydroxylation is 1. The van der Waals surface area contributed by atoms with Gasteiger partial charge >= 0.3 is 0 Å². The summed E-state index contributed by atoms with van der Waals surface area (Å²) < 4.78 is 7.75. The van der Waals surface area contributed by atoms with Gasteiger partial charge in [0.15, 0.2) is 5.82 Å². The van der Waals surface area contributed by atoms with Crippen LogP contribution in [-0.4, -0.2) is 50.9 Å². The summed E-state index contributed by atoms with van der Waals surface area (Å²) in [7, 11) is 1.90. The van der Waals surface area contributed by atoms with Crippen molar-refractivity contribution in [1.82, 2.24) is 25.1 Å². The molecule has 0 amide bonds. The Labute approximate surface area is 114 Å². The minimum Gasteiger partial charge on any atom is -0.375 e. The minimum atomic E-state index is 0.412. The van der Waals surface area contributed by atoms with E-state index in [-0.39, 0.29) is 0 Å². The lowest BCUT2D eigenvalue weighted by Gasteiger charge is -2.38. The highest BCUT2D eigenvalue weighted by Gasteiger charge is 2.29. The zero-order chi connectivity index (χ0) is 13.1. The summed E-state index contributed by atoms with van der Waals surface area (Å²) in [4.78, 5) is 2.43.